The highest BCUT2D eigenvalue weighted by Gasteiger charge is 2.49. The van der Waals surface area contributed by atoms with Crippen LogP contribution >= 0.6 is 0 Å². The lowest BCUT2D eigenvalue weighted by Gasteiger charge is -2.26. The van der Waals surface area contributed by atoms with E-state index in [1.165, 1.54) is 11.8 Å². The van der Waals surface area contributed by atoms with Gasteiger partial charge in [-0.05, 0) is 18.9 Å². The molecule has 1 aromatic carbocycles. The highest BCUT2D eigenvalue weighted by molar-refractivity contribution is 5.78. The summed E-state index contributed by atoms with van der Waals surface area (Å²) in [6.07, 6.45) is -4.40. The van der Waals surface area contributed by atoms with E-state index >= 15 is 0 Å². The van der Waals surface area contributed by atoms with Crippen molar-refractivity contribution in [3.63, 3.8) is 0 Å². The third-order valence-electron chi connectivity index (χ3n) is 3.58. The van der Waals surface area contributed by atoms with Gasteiger partial charge in [-0.15, -0.1) is 0 Å². The predicted octanol–water partition coefficient (Wildman–Crippen LogP) is 3.03. The van der Waals surface area contributed by atoms with Gasteiger partial charge in [0.05, 0.1) is 0 Å². The zero-order valence-corrected chi connectivity index (χ0v) is 10.7. The average Bonchev–Trinajstić information content (AvgIpc) is 2.74. The molecule has 5 heteroatoms. The van der Waals surface area contributed by atoms with Crippen LogP contribution in [-0.4, -0.2) is 29.4 Å². The van der Waals surface area contributed by atoms with Gasteiger partial charge < -0.3 is 0 Å². The van der Waals surface area contributed by atoms with Crippen molar-refractivity contribution in [1.29, 1.82) is 0 Å². The van der Waals surface area contributed by atoms with Crippen molar-refractivity contribution in [2.75, 3.05) is 6.54 Å². The molecule has 0 amide bonds. The van der Waals surface area contributed by atoms with Crippen LogP contribution in [0, 0.1) is 5.92 Å². The largest absolute Gasteiger partial charge is 0.404 e. The van der Waals surface area contributed by atoms with Gasteiger partial charge in [-0.2, -0.15) is 13.2 Å². The standard InChI is InChI=1S/C14H16F3NO/c1-10(19)12-7-13(14(15,16)17)18(9-12)8-11-5-3-2-4-6-11/h2-6,12-13H,7-9H2,1H3/t12-,13+/m1/s1. The Hall–Kier alpha value is -1.36. The molecule has 1 heterocycles. The topological polar surface area (TPSA) is 20.3 Å². The van der Waals surface area contributed by atoms with Gasteiger partial charge in [0, 0.05) is 19.0 Å². The summed E-state index contributed by atoms with van der Waals surface area (Å²) >= 11 is 0. The zero-order chi connectivity index (χ0) is 14.0. The molecule has 2 rings (SSSR count). The fraction of sp³-hybridized carbons (Fsp3) is 0.500. The van der Waals surface area contributed by atoms with Gasteiger partial charge in [0.15, 0.2) is 0 Å². The van der Waals surface area contributed by atoms with E-state index in [-0.39, 0.29) is 25.3 Å². The number of likely N-dealkylation sites (tertiary alicyclic amines) is 1. The fourth-order valence-corrected chi connectivity index (χ4v) is 2.53. The van der Waals surface area contributed by atoms with Crippen molar-refractivity contribution >= 4 is 5.78 Å². The summed E-state index contributed by atoms with van der Waals surface area (Å²) in [5, 5.41) is 0. The Balaban J connectivity index is 2.14. The minimum atomic E-state index is -4.28. The van der Waals surface area contributed by atoms with Crippen molar-refractivity contribution in [3.05, 3.63) is 35.9 Å². The van der Waals surface area contributed by atoms with Gasteiger partial charge in [-0.1, -0.05) is 30.3 Å². The van der Waals surface area contributed by atoms with E-state index in [1.54, 1.807) is 24.3 Å². The third kappa shape index (κ3) is 3.35. The number of alkyl halides is 3. The molecule has 1 aromatic rings. The van der Waals surface area contributed by atoms with Gasteiger partial charge in [-0.3, -0.25) is 9.69 Å². The van der Waals surface area contributed by atoms with Crippen LogP contribution in [0.5, 0.6) is 0 Å². The maximum absolute atomic E-state index is 13.0. The first-order valence-electron chi connectivity index (χ1n) is 6.23. The van der Waals surface area contributed by atoms with E-state index in [1.807, 2.05) is 6.07 Å². The Labute approximate surface area is 110 Å². The first kappa shape index (κ1) is 14.1. The summed E-state index contributed by atoms with van der Waals surface area (Å²) in [7, 11) is 0. The number of carbonyl (C=O) groups is 1. The first-order valence-corrected chi connectivity index (χ1v) is 6.23. The number of rotatable bonds is 3. The fourth-order valence-electron chi connectivity index (χ4n) is 2.53. The quantitative estimate of drug-likeness (QED) is 0.842. The predicted molar refractivity (Wildman–Crippen MR) is 65.5 cm³/mol. The molecule has 0 aliphatic carbocycles. The Morgan fingerprint density at radius 2 is 1.95 bits per heavy atom. The molecule has 1 aliphatic rings. The van der Waals surface area contributed by atoms with E-state index in [0.29, 0.717) is 0 Å². The smallest absolute Gasteiger partial charge is 0.300 e. The Bertz CT molecular complexity index is 444. The van der Waals surface area contributed by atoms with Crippen molar-refractivity contribution in [2.24, 2.45) is 5.92 Å². The molecule has 0 radical (unpaired) electrons. The lowest BCUT2D eigenvalue weighted by atomic mass is 10.0. The summed E-state index contributed by atoms with van der Waals surface area (Å²) in [4.78, 5) is 12.7. The monoisotopic (exact) mass is 271 g/mol. The number of halogens is 3. The second-order valence-corrected chi connectivity index (χ2v) is 5.02. The summed E-state index contributed by atoms with van der Waals surface area (Å²) in [6, 6.07) is 7.52. The molecule has 1 fully saturated rings. The summed E-state index contributed by atoms with van der Waals surface area (Å²) in [5.74, 6) is -0.667. The number of ketones is 1. The van der Waals surface area contributed by atoms with E-state index in [0.717, 1.165) is 5.56 Å². The Kier molecular flexibility index (Phi) is 3.94. The number of Topliss-reactive ketones (excluding diaryl/α,β-unsaturated/α-hetero) is 1. The van der Waals surface area contributed by atoms with Crippen LogP contribution in [0.4, 0.5) is 13.2 Å². The molecule has 0 aromatic heterocycles. The zero-order valence-electron chi connectivity index (χ0n) is 10.7. The molecule has 0 N–H and O–H groups in total. The molecule has 104 valence electrons. The summed E-state index contributed by atoms with van der Waals surface area (Å²) < 4.78 is 39.0. The lowest BCUT2D eigenvalue weighted by molar-refractivity contribution is -0.177. The SMILES string of the molecule is CC(=O)[C@@H]1C[C@@H](C(F)(F)F)N(Cc2ccccc2)C1. The maximum Gasteiger partial charge on any atom is 0.404 e. The summed E-state index contributed by atoms with van der Waals surface area (Å²) in [5.41, 5.74) is 0.834. The number of nitrogens with zero attached hydrogens (tertiary/aromatic N) is 1. The average molecular weight is 271 g/mol. The second-order valence-electron chi connectivity index (χ2n) is 5.02. The maximum atomic E-state index is 13.0. The van der Waals surface area contributed by atoms with Gasteiger partial charge in [0.1, 0.15) is 11.8 Å². The van der Waals surface area contributed by atoms with Crippen molar-refractivity contribution in [2.45, 2.75) is 32.1 Å². The molecule has 19 heavy (non-hydrogen) atoms. The third-order valence-corrected chi connectivity index (χ3v) is 3.58. The lowest BCUT2D eigenvalue weighted by Crippen LogP contribution is -2.40. The normalized spacial score (nSPS) is 24.6. The molecule has 2 atom stereocenters. The van der Waals surface area contributed by atoms with Gasteiger partial charge in [-0.25, -0.2) is 0 Å². The van der Waals surface area contributed by atoms with Crippen LogP contribution in [-0.2, 0) is 11.3 Å². The molecule has 0 spiro atoms. The minimum absolute atomic E-state index is 0.119. The molecule has 0 unspecified atom stereocenters. The van der Waals surface area contributed by atoms with Gasteiger partial charge in [0.25, 0.3) is 0 Å². The second kappa shape index (κ2) is 5.33. The molecule has 1 aliphatic heterocycles. The first-order chi connectivity index (χ1) is 8.88. The number of benzene rings is 1. The van der Waals surface area contributed by atoms with Crippen LogP contribution < -0.4 is 0 Å². The highest BCUT2D eigenvalue weighted by atomic mass is 19.4. The molecule has 0 bridgehead atoms. The van der Waals surface area contributed by atoms with Gasteiger partial charge >= 0.3 is 6.18 Å². The van der Waals surface area contributed by atoms with Crippen LogP contribution in [0.1, 0.15) is 18.9 Å². The van der Waals surface area contributed by atoms with E-state index < -0.39 is 18.1 Å². The molecule has 0 saturated carbocycles. The summed E-state index contributed by atoms with van der Waals surface area (Å²) in [6.45, 7) is 1.79. The number of carbonyl (C=O) groups excluding carboxylic acids is 1. The number of hydrogen-bond acceptors (Lipinski definition) is 2. The van der Waals surface area contributed by atoms with Crippen molar-refractivity contribution in [1.82, 2.24) is 4.90 Å². The van der Waals surface area contributed by atoms with E-state index in [9.17, 15) is 18.0 Å². The van der Waals surface area contributed by atoms with E-state index in [2.05, 4.69) is 0 Å². The van der Waals surface area contributed by atoms with Crippen LogP contribution in [0.25, 0.3) is 0 Å². The molecule has 1 saturated heterocycles. The van der Waals surface area contributed by atoms with Crippen LogP contribution in [0.3, 0.4) is 0 Å². The van der Waals surface area contributed by atoms with Gasteiger partial charge in [0.2, 0.25) is 0 Å². The highest BCUT2D eigenvalue weighted by Crippen LogP contribution is 2.36. The Morgan fingerprint density at radius 3 is 2.47 bits per heavy atom. The van der Waals surface area contributed by atoms with Crippen LogP contribution in [0.15, 0.2) is 30.3 Å². The van der Waals surface area contributed by atoms with E-state index in [4.69, 9.17) is 0 Å². The molecule has 2 nitrogen and oxygen atoms in total. The Morgan fingerprint density at radius 1 is 1.32 bits per heavy atom. The minimum Gasteiger partial charge on any atom is -0.300 e. The molecular weight excluding hydrogens is 255 g/mol. The van der Waals surface area contributed by atoms with Crippen LogP contribution in [0.2, 0.25) is 0 Å². The molecular formula is C14H16F3NO. The van der Waals surface area contributed by atoms with Crippen molar-refractivity contribution < 1.29 is 18.0 Å². The number of hydrogen-bond donors (Lipinski definition) is 0. The van der Waals surface area contributed by atoms with Crippen molar-refractivity contribution in [3.8, 4) is 0 Å².